The smallest absolute Gasteiger partial charge is 0.277 e. The van der Waals surface area contributed by atoms with Crippen LogP contribution >= 0.6 is 0 Å². The standard InChI is InChI=1S/C19H24FN3O2S/c20-18-10-8-17(9-11-18)19(23-12-4-5-13-23)15-22-26(24,25)21-14-16-6-2-1-3-7-16/h1-3,6-11,19,21-22H,4-5,12-15H2. The van der Waals surface area contributed by atoms with E-state index in [0.717, 1.165) is 37.1 Å². The van der Waals surface area contributed by atoms with E-state index in [1.165, 1.54) is 12.1 Å². The zero-order valence-corrected chi connectivity index (χ0v) is 15.4. The van der Waals surface area contributed by atoms with Gasteiger partial charge in [-0.25, -0.2) is 9.11 Å². The molecule has 140 valence electrons. The first-order chi connectivity index (χ1) is 12.5. The molecule has 1 heterocycles. The van der Waals surface area contributed by atoms with E-state index < -0.39 is 10.2 Å². The monoisotopic (exact) mass is 377 g/mol. The van der Waals surface area contributed by atoms with Gasteiger partial charge in [-0.2, -0.15) is 13.1 Å². The Morgan fingerprint density at radius 2 is 1.62 bits per heavy atom. The van der Waals surface area contributed by atoms with Crippen molar-refractivity contribution in [2.75, 3.05) is 19.6 Å². The summed E-state index contributed by atoms with van der Waals surface area (Å²) < 4.78 is 43.1. The van der Waals surface area contributed by atoms with Crippen LogP contribution in [-0.2, 0) is 16.8 Å². The molecule has 3 rings (SSSR count). The van der Waals surface area contributed by atoms with Crippen molar-refractivity contribution in [3.63, 3.8) is 0 Å². The minimum absolute atomic E-state index is 0.105. The second kappa shape index (κ2) is 8.73. The number of hydrogen-bond donors (Lipinski definition) is 2. The maximum atomic E-state index is 13.2. The van der Waals surface area contributed by atoms with Gasteiger partial charge in [-0.3, -0.25) is 4.90 Å². The third-order valence-corrected chi connectivity index (χ3v) is 5.68. The number of nitrogens with one attached hydrogen (secondary N) is 2. The molecule has 1 aliphatic heterocycles. The fraction of sp³-hybridized carbons (Fsp3) is 0.368. The van der Waals surface area contributed by atoms with Crippen molar-refractivity contribution in [3.8, 4) is 0 Å². The second-order valence-corrected chi connectivity index (χ2v) is 8.05. The Labute approximate surface area is 154 Å². The molecule has 1 fully saturated rings. The van der Waals surface area contributed by atoms with Crippen LogP contribution in [0, 0.1) is 5.82 Å². The van der Waals surface area contributed by atoms with Crippen molar-refractivity contribution in [2.24, 2.45) is 0 Å². The van der Waals surface area contributed by atoms with Gasteiger partial charge in [0.1, 0.15) is 5.82 Å². The largest absolute Gasteiger partial charge is 0.295 e. The van der Waals surface area contributed by atoms with Crippen LogP contribution in [0.2, 0.25) is 0 Å². The molecule has 0 radical (unpaired) electrons. The van der Waals surface area contributed by atoms with Crippen molar-refractivity contribution >= 4 is 10.2 Å². The van der Waals surface area contributed by atoms with Gasteiger partial charge in [0, 0.05) is 19.1 Å². The van der Waals surface area contributed by atoms with Gasteiger partial charge in [-0.15, -0.1) is 0 Å². The summed E-state index contributed by atoms with van der Waals surface area (Å²) in [5.74, 6) is -0.293. The summed E-state index contributed by atoms with van der Waals surface area (Å²) in [6.07, 6.45) is 2.19. The maximum Gasteiger partial charge on any atom is 0.277 e. The van der Waals surface area contributed by atoms with Crippen molar-refractivity contribution in [3.05, 3.63) is 71.5 Å². The summed E-state index contributed by atoms with van der Waals surface area (Å²) in [5, 5.41) is 0. The average Bonchev–Trinajstić information content (AvgIpc) is 3.17. The van der Waals surface area contributed by atoms with Gasteiger partial charge in [0.2, 0.25) is 0 Å². The van der Waals surface area contributed by atoms with Gasteiger partial charge in [0.15, 0.2) is 0 Å². The third kappa shape index (κ3) is 5.35. The molecule has 26 heavy (non-hydrogen) atoms. The van der Waals surface area contributed by atoms with E-state index in [1.54, 1.807) is 12.1 Å². The van der Waals surface area contributed by atoms with E-state index in [9.17, 15) is 12.8 Å². The Balaban J connectivity index is 1.63. The molecule has 2 aromatic rings. The van der Waals surface area contributed by atoms with Gasteiger partial charge < -0.3 is 0 Å². The Bertz CT molecular complexity index is 791. The summed E-state index contributed by atoms with van der Waals surface area (Å²) >= 11 is 0. The van der Waals surface area contributed by atoms with E-state index in [4.69, 9.17) is 0 Å². The quantitative estimate of drug-likeness (QED) is 0.743. The fourth-order valence-corrected chi connectivity index (χ4v) is 4.05. The van der Waals surface area contributed by atoms with E-state index >= 15 is 0 Å². The predicted octanol–water partition coefficient (Wildman–Crippen LogP) is 2.59. The predicted molar refractivity (Wildman–Crippen MR) is 100 cm³/mol. The zero-order valence-electron chi connectivity index (χ0n) is 14.6. The molecule has 1 atom stereocenters. The van der Waals surface area contributed by atoms with Crippen LogP contribution in [0.4, 0.5) is 4.39 Å². The van der Waals surface area contributed by atoms with Crippen molar-refractivity contribution < 1.29 is 12.8 Å². The minimum Gasteiger partial charge on any atom is -0.295 e. The maximum absolute atomic E-state index is 13.2. The molecule has 1 aliphatic rings. The van der Waals surface area contributed by atoms with Crippen LogP contribution in [0.5, 0.6) is 0 Å². The van der Waals surface area contributed by atoms with Gasteiger partial charge in [0.05, 0.1) is 0 Å². The highest BCUT2D eigenvalue weighted by Crippen LogP contribution is 2.25. The topological polar surface area (TPSA) is 61.4 Å². The molecule has 5 nitrogen and oxygen atoms in total. The van der Waals surface area contributed by atoms with E-state index in [0.29, 0.717) is 0 Å². The molecule has 0 aliphatic carbocycles. The number of nitrogens with zero attached hydrogens (tertiary/aromatic N) is 1. The van der Waals surface area contributed by atoms with E-state index in [1.807, 2.05) is 30.3 Å². The third-order valence-electron chi connectivity index (χ3n) is 4.61. The van der Waals surface area contributed by atoms with Crippen molar-refractivity contribution in [2.45, 2.75) is 25.4 Å². The molecule has 1 unspecified atom stereocenters. The fourth-order valence-electron chi connectivity index (χ4n) is 3.21. The van der Waals surface area contributed by atoms with Crippen molar-refractivity contribution in [1.29, 1.82) is 0 Å². The van der Waals surface area contributed by atoms with Gasteiger partial charge >= 0.3 is 0 Å². The molecule has 2 N–H and O–H groups in total. The lowest BCUT2D eigenvalue weighted by molar-refractivity contribution is 0.246. The normalized spacial score (nSPS) is 16.7. The summed E-state index contributed by atoms with van der Waals surface area (Å²) in [6.45, 7) is 2.32. The number of hydrogen-bond acceptors (Lipinski definition) is 3. The van der Waals surface area contributed by atoms with Crippen LogP contribution in [0.1, 0.15) is 30.0 Å². The van der Waals surface area contributed by atoms with Crippen LogP contribution in [-0.4, -0.2) is 33.0 Å². The Morgan fingerprint density at radius 3 is 2.27 bits per heavy atom. The molecule has 0 saturated carbocycles. The molecule has 2 aromatic carbocycles. The van der Waals surface area contributed by atoms with Gasteiger partial charge in [-0.1, -0.05) is 42.5 Å². The molecule has 0 amide bonds. The first-order valence-corrected chi connectivity index (χ1v) is 10.3. The highest BCUT2D eigenvalue weighted by molar-refractivity contribution is 7.87. The Kier molecular flexibility index (Phi) is 6.37. The average molecular weight is 377 g/mol. The van der Waals surface area contributed by atoms with Crippen LogP contribution in [0.25, 0.3) is 0 Å². The van der Waals surface area contributed by atoms with E-state index in [-0.39, 0.29) is 24.9 Å². The van der Waals surface area contributed by atoms with Gasteiger partial charge in [0.25, 0.3) is 10.2 Å². The first kappa shape index (κ1) is 19.0. The first-order valence-electron chi connectivity index (χ1n) is 8.81. The molecule has 0 aromatic heterocycles. The highest BCUT2D eigenvalue weighted by atomic mass is 32.2. The van der Waals surface area contributed by atoms with Crippen molar-refractivity contribution in [1.82, 2.24) is 14.3 Å². The number of rotatable bonds is 8. The second-order valence-electron chi connectivity index (χ2n) is 6.47. The molecule has 7 heteroatoms. The summed E-state index contributed by atoms with van der Waals surface area (Å²) in [5.41, 5.74) is 1.81. The van der Waals surface area contributed by atoms with Gasteiger partial charge in [-0.05, 0) is 49.2 Å². The zero-order chi connectivity index (χ0) is 18.4. The number of benzene rings is 2. The molecule has 1 saturated heterocycles. The van der Waals surface area contributed by atoms with E-state index in [2.05, 4.69) is 14.3 Å². The summed E-state index contributed by atoms with van der Waals surface area (Å²) in [6, 6.07) is 15.5. The summed E-state index contributed by atoms with van der Waals surface area (Å²) in [7, 11) is -3.62. The van der Waals surface area contributed by atoms with Crippen LogP contribution in [0.15, 0.2) is 54.6 Å². The SMILES string of the molecule is O=S(=O)(NCc1ccccc1)NCC(c1ccc(F)cc1)N1CCCC1. The highest BCUT2D eigenvalue weighted by Gasteiger charge is 2.25. The lowest BCUT2D eigenvalue weighted by atomic mass is 10.1. The molecule has 0 bridgehead atoms. The molecule has 0 spiro atoms. The lowest BCUT2D eigenvalue weighted by Gasteiger charge is -2.28. The molecular formula is C19H24FN3O2S. The minimum atomic E-state index is -3.62. The Hall–Kier alpha value is -1.80. The lowest BCUT2D eigenvalue weighted by Crippen LogP contribution is -2.41. The number of likely N-dealkylation sites (tertiary alicyclic amines) is 1. The summed E-state index contributed by atoms with van der Waals surface area (Å²) in [4.78, 5) is 2.24. The molecular weight excluding hydrogens is 353 g/mol. The number of halogens is 1. The van der Waals surface area contributed by atoms with Crippen LogP contribution < -0.4 is 9.44 Å². The van der Waals surface area contributed by atoms with Crippen LogP contribution in [0.3, 0.4) is 0 Å². The Morgan fingerprint density at radius 1 is 0.962 bits per heavy atom.